The summed E-state index contributed by atoms with van der Waals surface area (Å²) in [4.78, 5) is 6.76. The Morgan fingerprint density at radius 3 is 2.93 bits per heavy atom. The van der Waals surface area contributed by atoms with E-state index in [-0.39, 0.29) is 0 Å². The molecule has 1 aliphatic carbocycles. The van der Waals surface area contributed by atoms with E-state index in [1.54, 1.807) is 0 Å². The molecule has 4 heteroatoms. The van der Waals surface area contributed by atoms with Gasteiger partial charge in [0.2, 0.25) is 0 Å². The summed E-state index contributed by atoms with van der Waals surface area (Å²) in [5.41, 5.74) is 6.86. The van der Waals surface area contributed by atoms with Gasteiger partial charge >= 0.3 is 0 Å². The topological polar surface area (TPSA) is 42.2 Å². The Kier molecular flexibility index (Phi) is 3.26. The van der Waals surface area contributed by atoms with E-state index in [1.807, 2.05) is 12.3 Å². The summed E-state index contributed by atoms with van der Waals surface area (Å²) in [6, 6.07) is 2.67. The molecule has 15 heavy (non-hydrogen) atoms. The van der Waals surface area contributed by atoms with Gasteiger partial charge in [-0.1, -0.05) is 0 Å². The van der Waals surface area contributed by atoms with Gasteiger partial charge in [-0.3, -0.25) is 0 Å². The average Bonchev–Trinajstić information content (AvgIpc) is 3.03. The lowest BCUT2D eigenvalue weighted by atomic mass is 10.3. The van der Waals surface area contributed by atoms with Crippen LogP contribution in [-0.2, 0) is 0 Å². The number of nitrogens with two attached hydrogens (primary N) is 1. The Hall–Kier alpha value is -0.610. The van der Waals surface area contributed by atoms with Crippen molar-refractivity contribution < 1.29 is 0 Å². The molecule has 2 rings (SSSR count). The lowest BCUT2D eigenvalue weighted by molar-refractivity contribution is 0.768. The quantitative estimate of drug-likeness (QED) is 0.910. The number of hydrogen-bond donors (Lipinski definition) is 1. The van der Waals surface area contributed by atoms with Gasteiger partial charge in [0, 0.05) is 25.3 Å². The number of aryl methyl sites for hydroxylation is 1. The number of anilines is 1. The Balaban J connectivity index is 2.28. The van der Waals surface area contributed by atoms with E-state index in [9.17, 15) is 0 Å². The van der Waals surface area contributed by atoms with Crippen molar-refractivity contribution in [2.75, 3.05) is 18.0 Å². The second-order valence-electron chi connectivity index (χ2n) is 3.98. The molecule has 0 saturated heterocycles. The fourth-order valence-electron chi connectivity index (χ4n) is 1.71. The molecule has 0 radical (unpaired) electrons. The highest BCUT2D eigenvalue weighted by atomic mass is 79.9. The number of hydrogen-bond acceptors (Lipinski definition) is 3. The molecule has 1 aromatic heterocycles. The summed E-state index contributed by atoms with van der Waals surface area (Å²) in [6.07, 6.45) is 4.39. The third kappa shape index (κ3) is 2.32. The molecule has 0 atom stereocenters. The van der Waals surface area contributed by atoms with Gasteiger partial charge < -0.3 is 10.6 Å². The van der Waals surface area contributed by atoms with Gasteiger partial charge in [-0.05, 0) is 47.3 Å². The predicted molar refractivity (Wildman–Crippen MR) is 66.1 cm³/mol. The van der Waals surface area contributed by atoms with Crippen molar-refractivity contribution in [3.63, 3.8) is 0 Å². The van der Waals surface area contributed by atoms with E-state index >= 15 is 0 Å². The Morgan fingerprint density at radius 2 is 2.33 bits per heavy atom. The molecule has 0 spiro atoms. The van der Waals surface area contributed by atoms with E-state index in [2.05, 4.69) is 32.7 Å². The number of pyridine rings is 1. The molecule has 0 unspecified atom stereocenters. The van der Waals surface area contributed by atoms with Crippen molar-refractivity contribution in [3.8, 4) is 0 Å². The molecule has 0 aliphatic heterocycles. The third-order valence-corrected chi connectivity index (χ3v) is 3.67. The van der Waals surface area contributed by atoms with Crippen molar-refractivity contribution in [2.24, 2.45) is 5.73 Å². The van der Waals surface area contributed by atoms with E-state index in [0.29, 0.717) is 12.6 Å². The summed E-state index contributed by atoms with van der Waals surface area (Å²) in [7, 11) is 0. The maximum Gasteiger partial charge on any atom is 0.143 e. The monoisotopic (exact) mass is 269 g/mol. The van der Waals surface area contributed by atoms with E-state index in [4.69, 9.17) is 5.73 Å². The largest absolute Gasteiger partial charge is 0.351 e. The first-order chi connectivity index (χ1) is 7.24. The van der Waals surface area contributed by atoms with Crippen molar-refractivity contribution in [3.05, 3.63) is 22.3 Å². The molecule has 82 valence electrons. The van der Waals surface area contributed by atoms with Crippen molar-refractivity contribution in [1.29, 1.82) is 0 Å². The number of halogens is 1. The Labute approximate surface area is 98.8 Å². The molecule has 1 fully saturated rings. The normalized spacial score (nSPS) is 15.4. The zero-order valence-corrected chi connectivity index (χ0v) is 10.5. The van der Waals surface area contributed by atoms with Crippen molar-refractivity contribution in [1.82, 2.24) is 4.98 Å². The minimum atomic E-state index is 0.652. The molecule has 0 bridgehead atoms. The van der Waals surface area contributed by atoms with Crippen LogP contribution in [0.15, 0.2) is 16.7 Å². The number of aromatic nitrogens is 1. The van der Waals surface area contributed by atoms with Crippen LogP contribution in [0.2, 0.25) is 0 Å². The lowest BCUT2D eigenvalue weighted by Gasteiger charge is -2.24. The highest BCUT2D eigenvalue weighted by Gasteiger charge is 2.30. The van der Waals surface area contributed by atoms with Crippen LogP contribution in [-0.4, -0.2) is 24.1 Å². The van der Waals surface area contributed by atoms with Gasteiger partial charge in [0.1, 0.15) is 5.82 Å². The van der Waals surface area contributed by atoms with Gasteiger partial charge in [-0.25, -0.2) is 4.98 Å². The first-order valence-corrected chi connectivity index (χ1v) is 6.11. The second kappa shape index (κ2) is 4.49. The second-order valence-corrected chi connectivity index (χ2v) is 4.77. The average molecular weight is 270 g/mol. The molecule has 0 aromatic carbocycles. The lowest BCUT2D eigenvalue weighted by Crippen LogP contribution is -2.32. The van der Waals surface area contributed by atoms with Crippen LogP contribution >= 0.6 is 15.9 Å². The van der Waals surface area contributed by atoms with Gasteiger partial charge in [0.15, 0.2) is 0 Å². The third-order valence-electron chi connectivity index (χ3n) is 2.69. The van der Waals surface area contributed by atoms with Crippen LogP contribution in [0.4, 0.5) is 5.82 Å². The molecule has 3 nitrogen and oxygen atoms in total. The maximum absolute atomic E-state index is 5.64. The van der Waals surface area contributed by atoms with Gasteiger partial charge in [-0.2, -0.15) is 0 Å². The van der Waals surface area contributed by atoms with Crippen LogP contribution in [0.25, 0.3) is 0 Å². The predicted octanol–water partition coefficient (Wildman–Crippen LogP) is 2.08. The van der Waals surface area contributed by atoms with Gasteiger partial charge in [0.25, 0.3) is 0 Å². The molecular formula is C11H16BrN3. The summed E-state index contributed by atoms with van der Waals surface area (Å²) in [5, 5.41) is 0. The zero-order valence-electron chi connectivity index (χ0n) is 8.91. The van der Waals surface area contributed by atoms with E-state index in [1.165, 1.54) is 18.4 Å². The smallest absolute Gasteiger partial charge is 0.143 e. The summed E-state index contributed by atoms with van der Waals surface area (Å²) in [6.45, 7) is 3.65. The Bertz CT molecular complexity index is 350. The van der Waals surface area contributed by atoms with Crippen LogP contribution in [0, 0.1) is 6.92 Å². The Morgan fingerprint density at radius 1 is 1.60 bits per heavy atom. The number of rotatable bonds is 4. The maximum atomic E-state index is 5.64. The van der Waals surface area contributed by atoms with E-state index < -0.39 is 0 Å². The minimum absolute atomic E-state index is 0.652. The van der Waals surface area contributed by atoms with Crippen LogP contribution in [0.3, 0.4) is 0 Å². The highest BCUT2D eigenvalue weighted by Crippen LogP contribution is 2.35. The molecule has 1 aromatic rings. The fraction of sp³-hybridized carbons (Fsp3) is 0.545. The highest BCUT2D eigenvalue weighted by molar-refractivity contribution is 9.10. The van der Waals surface area contributed by atoms with Gasteiger partial charge in [0.05, 0.1) is 4.47 Å². The molecular weight excluding hydrogens is 254 g/mol. The molecule has 1 heterocycles. The molecule has 1 saturated carbocycles. The summed E-state index contributed by atoms with van der Waals surface area (Å²) < 4.78 is 1.10. The van der Waals surface area contributed by atoms with Crippen molar-refractivity contribution in [2.45, 2.75) is 25.8 Å². The summed E-state index contributed by atoms with van der Waals surface area (Å²) >= 11 is 3.60. The first kappa shape index (κ1) is 10.9. The van der Waals surface area contributed by atoms with Crippen LogP contribution < -0.4 is 10.6 Å². The first-order valence-electron chi connectivity index (χ1n) is 5.32. The standard InChI is InChI=1S/C11H16BrN3/c1-8-4-6-14-11(10(8)12)15(7-5-13)9-2-3-9/h4,6,9H,2-3,5,7,13H2,1H3. The zero-order chi connectivity index (χ0) is 10.8. The van der Waals surface area contributed by atoms with Crippen LogP contribution in [0.5, 0.6) is 0 Å². The fourth-order valence-corrected chi connectivity index (χ4v) is 2.18. The molecule has 1 aliphatic rings. The summed E-state index contributed by atoms with van der Waals surface area (Å²) in [5.74, 6) is 1.04. The minimum Gasteiger partial charge on any atom is -0.351 e. The van der Waals surface area contributed by atoms with Gasteiger partial charge in [-0.15, -0.1) is 0 Å². The van der Waals surface area contributed by atoms with E-state index in [0.717, 1.165) is 16.8 Å². The molecule has 0 amide bonds. The number of nitrogens with zero attached hydrogens (tertiary/aromatic N) is 2. The van der Waals surface area contributed by atoms with Crippen molar-refractivity contribution >= 4 is 21.7 Å². The van der Waals surface area contributed by atoms with Crippen LogP contribution in [0.1, 0.15) is 18.4 Å². The molecule has 2 N–H and O–H groups in total. The SMILES string of the molecule is Cc1ccnc(N(CCN)C2CC2)c1Br.